The molecule has 2 aliphatic heterocycles. The number of carbonyl (C=O) groups excluding carboxylic acids is 3. The number of carboxylic acid groups (broad SMARTS) is 2. The van der Waals surface area contributed by atoms with Crippen LogP contribution < -0.4 is 32.3 Å². The lowest BCUT2D eigenvalue weighted by atomic mass is 10.0. The van der Waals surface area contributed by atoms with Gasteiger partial charge in [0.2, 0.25) is 17.7 Å². The van der Waals surface area contributed by atoms with Crippen LogP contribution in [0.25, 0.3) is 0 Å². The number of anilines is 2. The fourth-order valence-corrected chi connectivity index (χ4v) is 9.33. The number of halogens is 1. The lowest BCUT2D eigenvalue weighted by Gasteiger charge is -2.28. The second-order valence-corrected chi connectivity index (χ2v) is 20.3. The number of para-hydroxylation sites is 2. The van der Waals surface area contributed by atoms with Crippen LogP contribution in [0.15, 0.2) is 140 Å². The maximum Gasteiger partial charge on any atom is 0.326 e. The molecule has 16 heteroatoms. The van der Waals surface area contributed by atoms with E-state index in [4.69, 9.17) is 27.4 Å². The maximum absolute atomic E-state index is 12.9. The number of aliphatic carboxylic acids is 2. The standard InChI is InChI=1S/C23H30N4O2.C12H19N3O.C11H13NO2.C6H5I.C6H10O2/c1-26(2)20(15-17-10-12-18(13-11-17)22(24)28)16-25-23(29)21-9-6-14-27(21)19-7-4-3-5-8-19;1-15(2)11(8-13)7-9-3-5-10(6-4-9)12(14)16;13-11(14)10-7-4-8-12(10)9-5-2-1-3-6-9;7-6-4-2-1-3-5-6;7-6(8)5-3-1-2-4-5/h3-5,7-8,10-13,20-21H,6,9,14-16H2,1-2H3,(H2,24,28)(H,25,29);3-6,11H,7-8,13H2,1-2H3,(H2,14,16);1-3,5-6,10H,4,7-8H2,(H,13,14);1-5H;5H,1-4H2,(H,7,8)/t20-,21+;11-;10-;;/m001../s1. The Hall–Kier alpha value is -6.34. The van der Waals surface area contributed by atoms with Gasteiger partial charge in [-0.15, -0.1) is 0 Å². The van der Waals surface area contributed by atoms with Crippen molar-refractivity contribution in [3.63, 3.8) is 0 Å². The second kappa shape index (κ2) is 32.1. The molecule has 4 atom stereocenters. The van der Waals surface area contributed by atoms with E-state index in [9.17, 15) is 24.0 Å². The van der Waals surface area contributed by atoms with Gasteiger partial charge in [-0.05, 0) is 174 Å². The predicted molar refractivity (Wildman–Crippen MR) is 304 cm³/mol. The Balaban J connectivity index is 0.000000222. The number of hydrogen-bond acceptors (Lipinski definition) is 10. The van der Waals surface area contributed by atoms with Crippen molar-refractivity contribution in [1.82, 2.24) is 15.1 Å². The van der Waals surface area contributed by atoms with Crippen molar-refractivity contribution in [3.8, 4) is 0 Å². The molecule has 0 radical (unpaired) electrons. The number of benzene rings is 5. The van der Waals surface area contributed by atoms with E-state index < -0.39 is 23.8 Å². The second-order valence-electron chi connectivity index (χ2n) is 19.1. The number of rotatable bonds is 16. The highest BCUT2D eigenvalue weighted by Crippen LogP contribution is 2.27. The molecule has 9 N–H and O–H groups in total. The van der Waals surface area contributed by atoms with E-state index in [0.717, 1.165) is 99.8 Å². The summed E-state index contributed by atoms with van der Waals surface area (Å²) in [5, 5.41) is 20.6. The van der Waals surface area contributed by atoms with Gasteiger partial charge < -0.3 is 52.3 Å². The van der Waals surface area contributed by atoms with Gasteiger partial charge in [0.1, 0.15) is 12.1 Å². The minimum Gasteiger partial charge on any atom is -0.481 e. The number of carboxylic acids is 2. The predicted octanol–water partition coefficient (Wildman–Crippen LogP) is 7.55. The monoisotopic (exact) mass is 1120 g/mol. The van der Waals surface area contributed by atoms with Crippen molar-refractivity contribution in [2.45, 2.75) is 88.4 Å². The van der Waals surface area contributed by atoms with E-state index in [1.165, 1.54) is 3.57 Å². The Morgan fingerprint density at radius 1 is 0.568 bits per heavy atom. The van der Waals surface area contributed by atoms with Crippen LogP contribution in [0.4, 0.5) is 11.4 Å². The van der Waals surface area contributed by atoms with Crippen molar-refractivity contribution in [1.29, 1.82) is 0 Å². The highest BCUT2D eigenvalue weighted by molar-refractivity contribution is 14.1. The molecule has 398 valence electrons. The SMILES string of the molecule is CN(C)[C@H](CN)Cc1ccc(C(N)=O)cc1.CN(C)[C@H](CNC(=O)[C@H]1CCCN1c1ccccc1)Cc1ccc(C(N)=O)cc1.Ic1ccccc1.O=C(O)C1CCCC1.O=C(O)[C@H]1CCCN1c1ccccc1. The number of hydrogen-bond donors (Lipinski definition) is 6. The first-order valence-electron chi connectivity index (χ1n) is 25.4. The van der Waals surface area contributed by atoms with Crippen molar-refractivity contribution in [3.05, 3.63) is 165 Å². The van der Waals surface area contributed by atoms with E-state index in [2.05, 4.69) is 66.9 Å². The third-order valence-electron chi connectivity index (χ3n) is 13.4. The average molecular weight is 1130 g/mol. The summed E-state index contributed by atoms with van der Waals surface area (Å²) < 4.78 is 1.29. The highest BCUT2D eigenvalue weighted by atomic mass is 127. The molecule has 3 amide bonds. The first-order chi connectivity index (χ1) is 35.5. The fraction of sp³-hybridized carbons (Fsp3) is 0.397. The number of likely N-dealkylation sites (N-methyl/N-ethyl adjacent to an activating group) is 2. The fourth-order valence-electron chi connectivity index (χ4n) is 8.91. The molecule has 3 fully saturated rings. The van der Waals surface area contributed by atoms with Crippen molar-refractivity contribution in [2.75, 3.05) is 64.2 Å². The Kier molecular flexibility index (Phi) is 26.1. The van der Waals surface area contributed by atoms with Crippen LogP contribution in [0, 0.1) is 9.49 Å². The number of nitrogens with one attached hydrogen (secondary N) is 1. The van der Waals surface area contributed by atoms with Gasteiger partial charge in [0.15, 0.2) is 0 Å². The summed E-state index contributed by atoms with van der Waals surface area (Å²) in [6.07, 6.45) is 9.29. The summed E-state index contributed by atoms with van der Waals surface area (Å²) in [6.45, 7) is 2.94. The number of primary amides is 2. The minimum atomic E-state index is -0.716. The van der Waals surface area contributed by atoms with Crippen LogP contribution >= 0.6 is 22.6 Å². The Labute approximate surface area is 451 Å². The smallest absolute Gasteiger partial charge is 0.326 e. The van der Waals surface area contributed by atoms with Crippen LogP contribution in [0.2, 0.25) is 0 Å². The zero-order valence-corrected chi connectivity index (χ0v) is 45.6. The molecular formula is C58H77IN8O7. The first kappa shape index (κ1) is 60.2. The van der Waals surface area contributed by atoms with Crippen LogP contribution in [-0.4, -0.2) is 128 Å². The molecule has 2 saturated heterocycles. The highest BCUT2D eigenvalue weighted by Gasteiger charge is 2.32. The molecule has 0 aromatic heterocycles. The molecule has 2 heterocycles. The summed E-state index contributed by atoms with van der Waals surface area (Å²) in [4.78, 5) is 64.6. The van der Waals surface area contributed by atoms with E-state index in [1.54, 1.807) is 24.3 Å². The quantitative estimate of drug-likeness (QED) is 0.0527. The van der Waals surface area contributed by atoms with Crippen molar-refractivity contribution >= 4 is 63.6 Å². The lowest BCUT2D eigenvalue weighted by molar-refractivity contribution is -0.141. The van der Waals surface area contributed by atoms with Gasteiger partial charge in [-0.1, -0.05) is 91.7 Å². The third-order valence-corrected chi connectivity index (χ3v) is 14.1. The maximum atomic E-state index is 12.9. The Morgan fingerprint density at radius 2 is 0.973 bits per heavy atom. The zero-order chi connectivity index (χ0) is 54.0. The van der Waals surface area contributed by atoms with Crippen LogP contribution in [-0.2, 0) is 27.2 Å². The molecule has 0 unspecified atom stereocenters. The number of nitrogens with zero attached hydrogens (tertiary/aromatic N) is 4. The van der Waals surface area contributed by atoms with Gasteiger partial charge >= 0.3 is 11.9 Å². The normalized spacial score (nSPS) is 16.7. The van der Waals surface area contributed by atoms with Gasteiger partial charge in [-0.3, -0.25) is 19.2 Å². The summed E-state index contributed by atoms with van der Waals surface area (Å²) in [5.41, 5.74) is 21.6. The van der Waals surface area contributed by atoms with Crippen molar-refractivity contribution < 1.29 is 34.2 Å². The molecule has 15 nitrogen and oxygen atoms in total. The number of amides is 3. The largest absolute Gasteiger partial charge is 0.481 e. The van der Waals surface area contributed by atoms with Crippen LogP contribution in [0.3, 0.4) is 0 Å². The van der Waals surface area contributed by atoms with Gasteiger partial charge in [0.05, 0.1) is 5.92 Å². The Morgan fingerprint density at radius 3 is 1.32 bits per heavy atom. The number of carbonyl (C=O) groups is 5. The van der Waals surface area contributed by atoms with E-state index in [0.29, 0.717) is 30.3 Å². The summed E-state index contributed by atoms with van der Waals surface area (Å²) in [7, 11) is 8.05. The molecule has 5 aromatic carbocycles. The van der Waals surface area contributed by atoms with Gasteiger partial charge in [0.25, 0.3) is 0 Å². The molecule has 8 rings (SSSR count). The topological polar surface area (TPSA) is 229 Å². The molecule has 1 aliphatic carbocycles. The van der Waals surface area contributed by atoms with Crippen LogP contribution in [0.1, 0.15) is 83.2 Å². The third kappa shape index (κ3) is 20.5. The van der Waals surface area contributed by atoms with E-state index in [-0.39, 0.29) is 30.0 Å². The first-order valence-corrected chi connectivity index (χ1v) is 26.4. The van der Waals surface area contributed by atoms with Crippen molar-refractivity contribution in [2.24, 2.45) is 23.1 Å². The lowest BCUT2D eigenvalue weighted by Crippen LogP contribution is -2.48. The molecule has 3 aliphatic rings. The zero-order valence-electron chi connectivity index (χ0n) is 43.4. The van der Waals surface area contributed by atoms with Gasteiger partial charge in [-0.2, -0.15) is 0 Å². The summed E-state index contributed by atoms with van der Waals surface area (Å²) >= 11 is 2.28. The molecule has 0 spiro atoms. The molecule has 5 aromatic rings. The van der Waals surface area contributed by atoms with Crippen LogP contribution in [0.5, 0.6) is 0 Å². The molecule has 1 saturated carbocycles. The van der Waals surface area contributed by atoms with E-state index in [1.807, 2.05) is 124 Å². The molecule has 0 bridgehead atoms. The van der Waals surface area contributed by atoms with Gasteiger partial charge in [0, 0.05) is 64.3 Å². The van der Waals surface area contributed by atoms with E-state index >= 15 is 0 Å². The van der Waals surface area contributed by atoms with Gasteiger partial charge in [-0.25, -0.2) is 4.79 Å². The average Bonchev–Trinajstić information content (AvgIpc) is 4.23. The molecular weight excluding hydrogens is 1050 g/mol. The number of nitrogens with two attached hydrogens (primary N) is 3. The summed E-state index contributed by atoms with van der Waals surface area (Å²) in [6, 6.07) is 44.8. The Bertz CT molecular complexity index is 2440. The minimum absolute atomic E-state index is 0.0185. The molecule has 74 heavy (non-hydrogen) atoms. The summed E-state index contributed by atoms with van der Waals surface area (Å²) in [5.74, 6) is -2.08.